The number of carbonyl (C=O) groups is 2. The van der Waals surface area contributed by atoms with Crippen molar-refractivity contribution >= 4 is 11.8 Å². The molecule has 0 radical (unpaired) electrons. The third-order valence-electron chi connectivity index (χ3n) is 7.51. The molecule has 1 spiro atoms. The van der Waals surface area contributed by atoms with E-state index in [0.29, 0.717) is 31.5 Å². The van der Waals surface area contributed by atoms with E-state index in [1.54, 1.807) is 35.2 Å². The Bertz CT molecular complexity index is 935. The van der Waals surface area contributed by atoms with Crippen molar-refractivity contribution in [3.05, 3.63) is 35.9 Å². The lowest BCUT2D eigenvalue weighted by atomic mass is 9.92. The van der Waals surface area contributed by atoms with E-state index < -0.39 is 42.0 Å². The van der Waals surface area contributed by atoms with Crippen LogP contribution in [0.25, 0.3) is 0 Å². The number of alkyl halides is 2. The van der Waals surface area contributed by atoms with Crippen LogP contribution in [0, 0.1) is 22.2 Å². The van der Waals surface area contributed by atoms with Crippen molar-refractivity contribution in [2.75, 3.05) is 27.2 Å². The minimum Gasteiger partial charge on any atom is -0.328 e. The summed E-state index contributed by atoms with van der Waals surface area (Å²) in [6.45, 7) is 1.09. The largest absolute Gasteiger partial charge is 0.328 e. The molecule has 3 fully saturated rings. The summed E-state index contributed by atoms with van der Waals surface area (Å²) in [5, 5.41) is 12.0. The van der Waals surface area contributed by atoms with Gasteiger partial charge >= 0.3 is 6.03 Å². The number of nitriles is 1. The van der Waals surface area contributed by atoms with Crippen LogP contribution in [-0.4, -0.2) is 66.8 Å². The topological polar surface area (TPSA) is 76.4 Å². The summed E-state index contributed by atoms with van der Waals surface area (Å²) in [6.07, 6.45) is 1.89. The molecule has 1 aromatic carbocycles. The molecule has 1 aromatic rings. The summed E-state index contributed by atoms with van der Waals surface area (Å²) < 4.78 is 30.0. The average molecular weight is 459 g/mol. The molecule has 6 nitrogen and oxygen atoms in total. The van der Waals surface area contributed by atoms with E-state index in [0.717, 1.165) is 12.8 Å². The molecule has 0 bridgehead atoms. The number of hydrogen-bond donors (Lipinski definition) is 1. The third-order valence-corrected chi connectivity index (χ3v) is 7.51. The van der Waals surface area contributed by atoms with E-state index in [-0.39, 0.29) is 17.9 Å². The van der Waals surface area contributed by atoms with Crippen LogP contribution in [0.2, 0.25) is 0 Å². The van der Waals surface area contributed by atoms with Crippen LogP contribution in [0.3, 0.4) is 0 Å². The fraction of sp³-hybridized carbons (Fsp3) is 0.640. The Kier molecular flexibility index (Phi) is 6.21. The van der Waals surface area contributed by atoms with E-state index in [9.17, 15) is 23.6 Å². The van der Waals surface area contributed by atoms with Gasteiger partial charge in [-0.1, -0.05) is 30.3 Å². The van der Waals surface area contributed by atoms with Crippen molar-refractivity contribution in [1.29, 1.82) is 5.26 Å². The molecule has 8 heteroatoms. The lowest BCUT2D eigenvalue weighted by molar-refractivity contribution is -0.124. The Hall–Kier alpha value is -2.53. The summed E-state index contributed by atoms with van der Waals surface area (Å²) in [4.78, 5) is 29.9. The predicted octanol–water partition coefficient (Wildman–Crippen LogP) is 3.62. The van der Waals surface area contributed by atoms with Gasteiger partial charge in [0.25, 0.3) is 5.92 Å². The van der Waals surface area contributed by atoms with Crippen molar-refractivity contribution in [2.45, 2.75) is 63.0 Å². The summed E-state index contributed by atoms with van der Waals surface area (Å²) in [7, 11) is 3.97. The molecule has 2 aliphatic carbocycles. The van der Waals surface area contributed by atoms with Crippen molar-refractivity contribution in [3.8, 4) is 6.07 Å². The molecule has 2 atom stereocenters. The van der Waals surface area contributed by atoms with Crippen LogP contribution >= 0.6 is 0 Å². The smallest absolute Gasteiger partial charge is 0.318 e. The summed E-state index contributed by atoms with van der Waals surface area (Å²) >= 11 is 0. The number of benzene rings is 1. The minimum absolute atomic E-state index is 0.0798. The third kappa shape index (κ3) is 5.35. The number of urea groups is 1. The molecule has 1 N–H and O–H groups in total. The van der Waals surface area contributed by atoms with Crippen molar-refractivity contribution in [1.82, 2.24) is 15.1 Å². The van der Waals surface area contributed by atoms with Gasteiger partial charge in [0.2, 0.25) is 0 Å². The van der Waals surface area contributed by atoms with E-state index in [2.05, 4.69) is 16.3 Å². The molecule has 0 aromatic heterocycles. The highest BCUT2D eigenvalue weighted by Gasteiger charge is 2.57. The van der Waals surface area contributed by atoms with Crippen molar-refractivity contribution in [2.24, 2.45) is 10.8 Å². The second-order valence-electron chi connectivity index (χ2n) is 10.5. The van der Waals surface area contributed by atoms with Gasteiger partial charge < -0.3 is 15.1 Å². The first-order chi connectivity index (χ1) is 15.6. The fourth-order valence-electron chi connectivity index (χ4n) is 5.16. The summed E-state index contributed by atoms with van der Waals surface area (Å²) in [6, 6.07) is 8.98. The Morgan fingerprint density at radius 2 is 1.91 bits per heavy atom. The number of carbonyl (C=O) groups excluding carboxylic acids is 2. The maximum atomic E-state index is 15.0. The number of rotatable bonds is 9. The van der Waals surface area contributed by atoms with E-state index >= 15 is 0 Å². The maximum Gasteiger partial charge on any atom is 0.318 e. The van der Waals surface area contributed by atoms with Crippen LogP contribution in [0.4, 0.5) is 13.6 Å². The van der Waals surface area contributed by atoms with Gasteiger partial charge in [-0.3, -0.25) is 4.79 Å². The molecule has 1 heterocycles. The van der Waals surface area contributed by atoms with Gasteiger partial charge in [0, 0.05) is 43.8 Å². The van der Waals surface area contributed by atoms with Gasteiger partial charge in [0.1, 0.15) is 0 Å². The van der Waals surface area contributed by atoms with Gasteiger partial charge in [-0.25, -0.2) is 13.6 Å². The number of amides is 2. The monoisotopic (exact) mass is 458 g/mol. The minimum atomic E-state index is -3.17. The number of nitrogens with zero attached hydrogens (tertiary/aromatic N) is 3. The molecule has 4 rings (SSSR count). The number of ketones is 1. The van der Waals surface area contributed by atoms with Gasteiger partial charge in [0.15, 0.2) is 5.78 Å². The zero-order chi connectivity index (χ0) is 23.9. The highest BCUT2D eigenvalue weighted by Crippen LogP contribution is 2.54. The highest BCUT2D eigenvalue weighted by molar-refractivity contribution is 5.89. The molecule has 3 aliphatic rings. The highest BCUT2D eigenvalue weighted by atomic mass is 19.3. The van der Waals surface area contributed by atoms with Gasteiger partial charge in [-0.15, -0.1) is 0 Å². The number of hydrogen-bond acceptors (Lipinski definition) is 4. The number of likely N-dealkylation sites (N-methyl/N-ethyl adjacent to an activating group) is 1. The Labute approximate surface area is 193 Å². The quantitative estimate of drug-likeness (QED) is 0.613. The molecule has 1 aliphatic heterocycles. The van der Waals surface area contributed by atoms with Crippen LogP contribution in [-0.2, 0) is 11.2 Å². The van der Waals surface area contributed by atoms with Crippen LogP contribution in [0.15, 0.2) is 30.3 Å². The number of likely N-dealkylation sites (tertiary alicyclic amines) is 1. The number of nitrogens with one attached hydrogen (secondary N) is 1. The van der Waals surface area contributed by atoms with Crippen LogP contribution in [0.5, 0.6) is 0 Å². The lowest BCUT2D eigenvalue weighted by Gasteiger charge is -2.27. The fourth-order valence-corrected chi connectivity index (χ4v) is 5.16. The standard InChI is InChI=1S/C25H32F2N4O2/c1-30(2)21-15-31(17-24(21)10-11-24)22(33)29-19(20(32)14-23(16-28)8-9-23)13-25(26,27)12-18-6-4-3-5-7-18/h3-7,19,21H,8-15,17H2,1-2H3,(H,29,33)/t19-,21?/m0/s1. The molecule has 1 saturated heterocycles. The van der Waals surface area contributed by atoms with Crippen molar-refractivity contribution in [3.63, 3.8) is 0 Å². The van der Waals surface area contributed by atoms with Crippen molar-refractivity contribution < 1.29 is 18.4 Å². The summed E-state index contributed by atoms with van der Waals surface area (Å²) in [5.74, 6) is -3.66. The molecule has 2 saturated carbocycles. The first kappa shape index (κ1) is 23.6. The average Bonchev–Trinajstić information content (AvgIpc) is 3.65. The molecular formula is C25H32F2N4O2. The Balaban J connectivity index is 1.46. The molecule has 2 amide bonds. The number of Topliss-reactive ketones (excluding diaryl/α,β-unsaturated/α-hetero) is 1. The van der Waals surface area contributed by atoms with E-state index in [1.165, 1.54) is 0 Å². The first-order valence-corrected chi connectivity index (χ1v) is 11.6. The summed E-state index contributed by atoms with van der Waals surface area (Å²) in [5.41, 5.74) is -0.202. The molecule has 33 heavy (non-hydrogen) atoms. The normalized spacial score (nSPS) is 23.3. The molecule has 1 unspecified atom stereocenters. The second-order valence-corrected chi connectivity index (χ2v) is 10.5. The van der Waals surface area contributed by atoms with E-state index in [1.807, 2.05) is 14.1 Å². The Morgan fingerprint density at radius 3 is 2.42 bits per heavy atom. The zero-order valence-corrected chi connectivity index (χ0v) is 19.3. The van der Waals surface area contributed by atoms with Crippen LogP contribution < -0.4 is 5.32 Å². The van der Waals surface area contributed by atoms with E-state index in [4.69, 9.17) is 0 Å². The predicted molar refractivity (Wildman–Crippen MR) is 120 cm³/mol. The first-order valence-electron chi connectivity index (χ1n) is 11.6. The van der Waals surface area contributed by atoms with Gasteiger partial charge in [-0.2, -0.15) is 5.26 Å². The van der Waals surface area contributed by atoms with Gasteiger partial charge in [0.05, 0.1) is 17.5 Å². The lowest BCUT2D eigenvalue weighted by Crippen LogP contribution is -2.50. The Morgan fingerprint density at radius 1 is 1.24 bits per heavy atom. The maximum absolute atomic E-state index is 15.0. The van der Waals surface area contributed by atoms with Gasteiger partial charge in [-0.05, 0) is 45.3 Å². The second kappa shape index (κ2) is 8.68. The number of halogens is 2. The molecule has 178 valence electrons. The zero-order valence-electron chi connectivity index (χ0n) is 19.3. The van der Waals surface area contributed by atoms with Crippen LogP contribution in [0.1, 0.15) is 44.1 Å². The SMILES string of the molecule is CN(C)C1CN(C(=O)N[C@@H](CC(F)(F)Cc2ccccc2)C(=O)CC2(C#N)CC2)CC12CC2. The molecular weight excluding hydrogens is 426 g/mol.